The number of carbonyl (C=O) groups is 1. The molecule has 4 nitrogen and oxygen atoms in total. The van der Waals surface area contributed by atoms with Crippen LogP contribution in [0.1, 0.15) is 33.1 Å². The SMILES string of the molecule is CC(Oc1cccc(Cl)c1)C(=O)N1CCCCC1C(C)N. The summed E-state index contributed by atoms with van der Waals surface area (Å²) in [5.74, 6) is 0.606. The largest absolute Gasteiger partial charge is 0.481 e. The van der Waals surface area contributed by atoms with Gasteiger partial charge in [-0.05, 0) is 51.3 Å². The molecule has 116 valence electrons. The van der Waals surface area contributed by atoms with Gasteiger partial charge in [-0.2, -0.15) is 0 Å². The second-order valence-electron chi connectivity index (χ2n) is 5.67. The summed E-state index contributed by atoms with van der Waals surface area (Å²) in [7, 11) is 0. The molecule has 3 atom stereocenters. The molecule has 0 aliphatic carbocycles. The van der Waals surface area contributed by atoms with Crippen molar-refractivity contribution in [3.8, 4) is 5.75 Å². The molecule has 1 saturated heterocycles. The molecule has 2 N–H and O–H groups in total. The number of piperidine rings is 1. The number of benzene rings is 1. The number of rotatable bonds is 4. The van der Waals surface area contributed by atoms with Gasteiger partial charge in [0.25, 0.3) is 5.91 Å². The van der Waals surface area contributed by atoms with Crippen LogP contribution >= 0.6 is 11.6 Å². The Labute approximate surface area is 131 Å². The van der Waals surface area contributed by atoms with Crippen LogP contribution in [0.4, 0.5) is 0 Å². The standard InChI is InChI=1S/C16H23ClN2O2/c1-11(18)15-8-3-4-9-19(15)16(20)12(2)21-14-7-5-6-13(17)10-14/h5-7,10-12,15H,3-4,8-9,18H2,1-2H3. The van der Waals surface area contributed by atoms with Crippen molar-refractivity contribution in [1.82, 2.24) is 4.90 Å². The number of amides is 1. The van der Waals surface area contributed by atoms with E-state index < -0.39 is 6.10 Å². The van der Waals surface area contributed by atoms with Crippen LogP contribution in [0, 0.1) is 0 Å². The zero-order valence-corrected chi connectivity index (χ0v) is 13.3. The second kappa shape index (κ2) is 7.14. The first-order valence-corrected chi connectivity index (χ1v) is 7.85. The van der Waals surface area contributed by atoms with Crippen molar-refractivity contribution in [2.45, 2.75) is 51.3 Å². The molecule has 3 unspecified atom stereocenters. The molecule has 0 aromatic heterocycles. The third-order valence-electron chi connectivity index (χ3n) is 3.90. The molecule has 0 saturated carbocycles. The summed E-state index contributed by atoms with van der Waals surface area (Å²) in [6, 6.07) is 7.18. The van der Waals surface area contributed by atoms with Crippen LogP contribution in [-0.4, -0.2) is 35.5 Å². The summed E-state index contributed by atoms with van der Waals surface area (Å²) in [4.78, 5) is 14.5. The number of hydrogen-bond acceptors (Lipinski definition) is 3. The number of carbonyl (C=O) groups excluding carboxylic acids is 1. The minimum atomic E-state index is -0.539. The van der Waals surface area contributed by atoms with Crippen LogP contribution in [0.5, 0.6) is 5.75 Å². The van der Waals surface area contributed by atoms with Crippen LogP contribution in [0.25, 0.3) is 0 Å². The summed E-state index contributed by atoms with van der Waals surface area (Å²) in [6.45, 7) is 4.49. The second-order valence-corrected chi connectivity index (χ2v) is 6.11. The molecule has 1 aliphatic heterocycles. The Hall–Kier alpha value is -1.26. The maximum absolute atomic E-state index is 12.6. The Balaban J connectivity index is 2.03. The van der Waals surface area contributed by atoms with Crippen molar-refractivity contribution in [3.05, 3.63) is 29.3 Å². The van der Waals surface area contributed by atoms with Gasteiger partial charge >= 0.3 is 0 Å². The molecule has 0 radical (unpaired) electrons. The van der Waals surface area contributed by atoms with E-state index >= 15 is 0 Å². The van der Waals surface area contributed by atoms with E-state index in [4.69, 9.17) is 22.1 Å². The summed E-state index contributed by atoms with van der Waals surface area (Å²) in [6.07, 6.45) is 2.58. The Bertz CT molecular complexity index is 493. The molecule has 21 heavy (non-hydrogen) atoms. The van der Waals surface area contributed by atoms with E-state index in [1.807, 2.05) is 11.8 Å². The Morgan fingerprint density at radius 1 is 1.43 bits per heavy atom. The number of likely N-dealkylation sites (tertiary alicyclic amines) is 1. The molecule has 5 heteroatoms. The van der Waals surface area contributed by atoms with Crippen molar-refractivity contribution < 1.29 is 9.53 Å². The lowest BCUT2D eigenvalue weighted by Crippen LogP contribution is -2.54. The van der Waals surface area contributed by atoms with Gasteiger partial charge in [-0.25, -0.2) is 0 Å². The van der Waals surface area contributed by atoms with E-state index in [1.54, 1.807) is 31.2 Å². The number of halogens is 1. The van der Waals surface area contributed by atoms with Gasteiger partial charge in [0.05, 0.1) is 0 Å². The minimum Gasteiger partial charge on any atom is -0.481 e. The molecule has 2 rings (SSSR count). The van der Waals surface area contributed by atoms with Crippen molar-refractivity contribution >= 4 is 17.5 Å². The summed E-state index contributed by atoms with van der Waals surface area (Å²) >= 11 is 5.93. The predicted molar refractivity (Wildman–Crippen MR) is 84.5 cm³/mol. The first kappa shape index (κ1) is 16.1. The molecule has 1 heterocycles. The van der Waals surface area contributed by atoms with Crippen molar-refractivity contribution in [2.24, 2.45) is 5.73 Å². The quantitative estimate of drug-likeness (QED) is 0.930. The van der Waals surface area contributed by atoms with Crippen molar-refractivity contribution in [2.75, 3.05) is 6.54 Å². The topological polar surface area (TPSA) is 55.6 Å². The number of nitrogens with two attached hydrogens (primary N) is 1. The average molecular weight is 311 g/mol. The molecular formula is C16H23ClN2O2. The molecule has 1 fully saturated rings. The number of ether oxygens (including phenoxy) is 1. The lowest BCUT2D eigenvalue weighted by molar-refractivity contribution is -0.142. The Kier molecular flexibility index (Phi) is 5.48. The third kappa shape index (κ3) is 4.11. The van der Waals surface area contributed by atoms with E-state index in [9.17, 15) is 4.79 Å². The van der Waals surface area contributed by atoms with Crippen molar-refractivity contribution in [3.63, 3.8) is 0 Å². The van der Waals surface area contributed by atoms with Gasteiger partial charge in [0.2, 0.25) is 0 Å². The highest BCUT2D eigenvalue weighted by atomic mass is 35.5. The van der Waals surface area contributed by atoms with E-state index in [-0.39, 0.29) is 18.0 Å². The average Bonchev–Trinajstić information content (AvgIpc) is 2.46. The van der Waals surface area contributed by atoms with Gasteiger partial charge in [0.15, 0.2) is 6.10 Å². The van der Waals surface area contributed by atoms with Gasteiger partial charge < -0.3 is 15.4 Å². The van der Waals surface area contributed by atoms with Gasteiger partial charge in [-0.3, -0.25) is 4.79 Å². The van der Waals surface area contributed by atoms with E-state index in [0.717, 1.165) is 25.8 Å². The highest BCUT2D eigenvalue weighted by Gasteiger charge is 2.32. The van der Waals surface area contributed by atoms with E-state index in [0.29, 0.717) is 10.8 Å². The molecule has 1 aromatic rings. The van der Waals surface area contributed by atoms with Crippen LogP contribution in [0.3, 0.4) is 0 Å². The van der Waals surface area contributed by atoms with Gasteiger partial charge in [-0.15, -0.1) is 0 Å². The summed E-state index contributed by atoms with van der Waals surface area (Å²) in [5, 5.41) is 0.596. The Morgan fingerprint density at radius 3 is 2.86 bits per heavy atom. The van der Waals surface area contributed by atoms with Gasteiger partial charge in [-0.1, -0.05) is 17.7 Å². The normalized spacial score (nSPS) is 21.7. The zero-order chi connectivity index (χ0) is 15.4. The van der Waals surface area contributed by atoms with Crippen molar-refractivity contribution in [1.29, 1.82) is 0 Å². The summed E-state index contributed by atoms with van der Waals surface area (Å²) < 4.78 is 5.72. The fourth-order valence-corrected chi connectivity index (χ4v) is 2.99. The monoisotopic (exact) mass is 310 g/mol. The molecule has 1 aliphatic rings. The van der Waals surface area contributed by atoms with Crippen LogP contribution in [0.15, 0.2) is 24.3 Å². The molecule has 0 spiro atoms. The number of hydrogen-bond donors (Lipinski definition) is 1. The van der Waals surface area contributed by atoms with Gasteiger partial charge in [0.1, 0.15) is 5.75 Å². The lowest BCUT2D eigenvalue weighted by Gasteiger charge is -2.39. The van der Waals surface area contributed by atoms with Crippen LogP contribution < -0.4 is 10.5 Å². The first-order chi connectivity index (χ1) is 9.99. The van der Waals surface area contributed by atoms with E-state index in [1.165, 1.54) is 0 Å². The van der Waals surface area contributed by atoms with E-state index in [2.05, 4.69) is 0 Å². The minimum absolute atomic E-state index is 0.00280. The fraction of sp³-hybridized carbons (Fsp3) is 0.562. The number of nitrogens with zero attached hydrogens (tertiary/aromatic N) is 1. The predicted octanol–water partition coefficient (Wildman–Crippen LogP) is 2.84. The highest BCUT2D eigenvalue weighted by molar-refractivity contribution is 6.30. The third-order valence-corrected chi connectivity index (χ3v) is 4.13. The maximum atomic E-state index is 12.6. The maximum Gasteiger partial charge on any atom is 0.263 e. The Morgan fingerprint density at radius 2 is 2.19 bits per heavy atom. The molecule has 1 aromatic carbocycles. The highest BCUT2D eigenvalue weighted by Crippen LogP contribution is 2.22. The van der Waals surface area contributed by atoms with Crippen LogP contribution in [0.2, 0.25) is 5.02 Å². The molecular weight excluding hydrogens is 288 g/mol. The van der Waals surface area contributed by atoms with Crippen LogP contribution in [-0.2, 0) is 4.79 Å². The zero-order valence-electron chi connectivity index (χ0n) is 12.6. The smallest absolute Gasteiger partial charge is 0.263 e. The fourth-order valence-electron chi connectivity index (χ4n) is 2.81. The summed E-state index contributed by atoms with van der Waals surface area (Å²) in [5.41, 5.74) is 6.02. The molecule has 1 amide bonds. The first-order valence-electron chi connectivity index (χ1n) is 7.47. The van der Waals surface area contributed by atoms with Gasteiger partial charge in [0, 0.05) is 23.7 Å². The lowest BCUT2D eigenvalue weighted by atomic mass is 9.96. The molecule has 0 bridgehead atoms.